The van der Waals surface area contributed by atoms with Crippen molar-refractivity contribution in [1.29, 1.82) is 0 Å². The fraction of sp³-hybridized carbons (Fsp3) is 0.0690. The number of hydrogen-bond acceptors (Lipinski definition) is 5. The fourth-order valence-electron chi connectivity index (χ4n) is 4.11. The van der Waals surface area contributed by atoms with E-state index in [0.29, 0.717) is 34.3 Å². The zero-order valence-electron chi connectivity index (χ0n) is 19.5. The zero-order chi connectivity index (χ0) is 24.9. The molecule has 5 aromatic rings. The molecule has 0 atom stereocenters. The molecule has 0 spiro atoms. The number of nitrogens with one attached hydrogen (secondary N) is 1. The number of aryl methyl sites for hydroxylation is 1. The first kappa shape index (κ1) is 22.9. The summed E-state index contributed by atoms with van der Waals surface area (Å²) < 4.78 is 7.65. The average Bonchev–Trinajstić information content (AvgIpc) is 2.92. The number of para-hydroxylation sites is 3. The van der Waals surface area contributed by atoms with E-state index in [9.17, 15) is 9.59 Å². The minimum Gasteiger partial charge on any atom is -0.423 e. The first-order valence-electron chi connectivity index (χ1n) is 11.5. The Morgan fingerprint density at radius 1 is 0.806 bits per heavy atom. The lowest BCUT2D eigenvalue weighted by Crippen LogP contribution is -2.17. The summed E-state index contributed by atoms with van der Waals surface area (Å²) in [5, 5.41) is 8.78. The molecule has 5 rings (SSSR count). The van der Waals surface area contributed by atoms with Gasteiger partial charge >= 0.3 is 12.1 Å². The van der Waals surface area contributed by atoms with Gasteiger partial charge in [0.05, 0.1) is 16.6 Å². The second kappa shape index (κ2) is 10.1. The van der Waals surface area contributed by atoms with Crippen LogP contribution in [0.25, 0.3) is 21.8 Å². The summed E-state index contributed by atoms with van der Waals surface area (Å²) in [4.78, 5) is 30.6. The minimum absolute atomic E-state index is 0.356. The van der Waals surface area contributed by atoms with Gasteiger partial charge in [0, 0.05) is 23.0 Å². The zero-order valence-corrected chi connectivity index (χ0v) is 19.5. The minimum atomic E-state index is -0.717. The van der Waals surface area contributed by atoms with Crippen LogP contribution >= 0.6 is 0 Å². The molecule has 0 aliphatic rings. The van der Waals surface area contributed by atoms with Gasteiger partial charge in [0.1, 0.15) is 11.1 Å². The summed E-state index contributed by atoms with van der Waals surface area (Å²) in [6.45, 7) is 2.74. The van der Waals surface area contributed by atoms with Crippen molar-refractivity contribution in [2.24, 2.45) is 5.16 Å². The Hall–Kier alpha value is -4.91. The number of fused-ring (bicyclic) bond motifs is 2. The highest BCUT2D eigenvalue weighted by Gasteiger charge is 2.15. The summed E-state index contributed by atoms with van der Waals surface area (Å²) in [6, 6.07) is 30.9. The SMILES string of the molecule is CCn1c2ccccc2c(=NOC(=O)Nc2ccccc2)c2cc(C(=O)Oc3ccccc3)ccc21. The molecule has 1 amide bonds. The van der Waals surface area contributed by atoms with E-state index in [1.54, 1.807) is 48.5 Å². The third-order valence-corrected chi connectivity index (χ3v) is 5.74. The molecule has 1 heterocycles. The number of carbonyl (C=O) groups is 2. The number of rotatable bonds is 5. The highest BCUT2D eigenvalue weighted by molar-refractivity contribution is 5.99. The van der Waals surface area contributed by atoms with Gasteiger partial charge in [-0.25, -0.2) is 9.59 Å². The molecule has 0 saturated carbocycles. The van der Waals surface area contributed by atoms with Gasteiger partial charge in [-0.1, -0.05) is 59.8 Å². The molecule has 178 valence electrons. The number of amides is 1. The molecule has 1 aromatic heterocycles. The first-order valence-corrected chi connectivity index (χ1v) is 11.5. The highest BCUT2D eigenvalue weighted by atomic mass is 16.7. The van der Waals surface area contributed by atoms with Crippen LogP contribution in [0.5, 0.6) is 5.75 Å². The number of carbonyl (C=O) groups excluding carboxylic acids is 2. The molecular formula is C29H23N3O4. The highest BCUT2D eigenvalue weighted by Crippen LogP contribution is 2.22. The van der Waals surface area contributed by atoms with Gasteiger partial charge in [-0.15, -0.1) is 0 Å². The molecule has 1 N–H and O–H groups in total. The molecule has 7 heteroatoms. The standard InChI is InChI=1S/C29H23N3O4/c1-2-32-25-16-10-9-15-23(25)27(31-36-29(34)30-21-11-5-3-6-12-21)24-19-20(17-18-26(24)32)28(33)35-22-13-7-4-8-14-22/h3-19H,2H2,1H3,(H,30,34). The number of aromatic nitrogens is 1. The molecule has 0 aliphatic carbocycles. The van der Waals surface area contributed by atoms with Gasteiger partial charge in [-0.05, 0) is 55.5 Å². The van der Waals surface area contributed by atoms with Gasteiger partial charge in [-0.2, -0.15) is 0 Å². The number of benzene rings is 4. The van der Waals surface area contributed by atoms with Crippen LogP contribution in [-0.4, -0.2) is 16.6 Å². The van der Waals surface area contributed by atoms with E-state index in [1.165, 1.54) is 0 Å². The number of esters is 1. The summed E-state index contributed by atoms with van der Waals surface area (Å²) in [5.41, 5.74) is 2.72. The summed E-state index contributed by atoms with van der Waals surface area (Å²) in [5.74, 6) is -0.0384. The molecule has 0 bridgehead atoms. The van der Waals surface area contributed by atoms with Gasteiger partial charge in [0.25, 0.3) is 0 Å². The maximum absolute atomic E-state index is 12.9. The van der Waals surface area contributed by atoms with Crippen LogP contribution in [0.15, 0.2) is 108 Å². The molecule has 0 fully saturated rings. The van der Waals surface area contributed by atoms with Crippen LogP contribution in [0.3, 0.4) is 0 Å². The molecule has 0 aliphatic heterocycles. The van der Waals surface area contributed by atoms with Crippen LogP contribution in [-0.2, 0) is 11.4 Å². The largest absolute Gasteiger partial charge is 0.437 e. The second-order valence-electron chi connectivity index (χ2n) is 8.01. The van der Waals surface area contributed by atoms with Crippen molar-refractivity contribution in [2.45, 2.75) is 13.5 Å². The van der Waals surface area contributed by atoms with Crippen LogP contribution in [0.1, 0.15) is 17.3 Å². The third-order valence-electron chi connectivity index (χ3n) is 5.74. The van der Waals surface area contributed by atoms with Gasteiger partial charge in [0.15, 0.2) is 0 Å². The molecule has 0 radical (unpaired) electrons. The predicted octanol–water partition coefficient (Wildman–Crippen LogP) is 6.10. The first-order chi connectivity index (χ1) is 17.6. The van der Waals surface area contributed by atoms with Crippen molar-refractivity contribution in [3.8, 4) is 5.75 Å². The Kier molecular flexibility index (Phi) is 6.44. The molecule has 36 heavy (non-hydrogen) atoms. The Bertz CT molecular complexity index is 1630. The number of hydrogen-bond donors (Lipinski definition) is 1. The van der Waals surface area contributed by atoms with Crippen LogP contribution in [0.4, 0.5) is 10.5 Å². The Labute approximate surface area is 207 Å². The van der Waals surface area contributed by atoms with Crippen LogP contribution < -0.4 is 15.4 Å². The van der Waals surface area contributed by atoms with Crippen molar-refractivity contribution in [1.82, 2.24) is 4.57 Å². The van der Waals surface area contributed by atoms with E-state index in [4.69, 9.17) is 9.57 Å². The van der Waals surface area contributed by atoms with E-state index < -0.39 is 12.1 Å². The van der Waals surface area contributed by atoms with Crippen LogP contribution in [0, 0.1) is 0 Å². The lowest BCUT2D eigenvalue weighted by molar-refractivity contribution is 0.0735. The quantitative estimate of drug-likeness (QED) is 0.109. The fourth-order valence-corrected chi connectivity index (χ4v) is 4.11. The smallest absolute Gasteiger partial charge is 0.423 e. The van der Waals surface area contributed by atoms with Crippen LogP contribution in [0.2, 0.25) is 0 Å². The van der Waals surface area contributed by atoms with Gasteiger partial charge in [-0.3, -0.25) is 10.2 Å². The molecular weight excluding hydrogens is 454 g/mol. The molecule has 4 aromatic carbocycles. The Morgan fingerprint density at radius 3 is 2.22 bits per heavy atom. The van der Waals surface area contributed by atoms with Crippen molar-refractivity contribution in [3.05, 3.63) is 114 Å². The van der Waals surface area contributed by atoms with Crippen molar-refractivity contribution >= 4 is 39.6 Å². The molecule has 0 saturated heterocycles. The van der Waals surface area contributed by atoms with Crippen molar-refractivity contribution in [3.63, 3.8) is 0 Å². The predicted molar refractivity (Wildman–Crippen MR) is 139 cm³/mol. The van der Waals surface area contributed by atoms with Crippen molar-refractivity contribution < 1.29 is 19.2 Å². The van der Waals surface area contributed by atoms with Gasteiger partial charge in [0.2, 0.25) is 0 Å². The third kappa shape index (κ3) is 4.67. The maximum Gasteiger partial charge on any atom is 0.437 e. The lowest BCUT2D eigenvalue weighted by atomic mass is 10.1. The van der Waals surface area contributed by atoms with E-state index in [0.717, 1.165) is 16.4 Å². The molecule has 0 unspecified atom stereocenters. The summed E-state index contributed by atoms with van der Waals surface area (Å²) in [7, 11) is 0. The van der Waals surface area contributed by atoms with Gasteiger partial charge < -0.3 is 9.30 Å². The van der Waals surface area contributed by atoms with E-state index in [1.807, 2.05) is 61.5 Å². The topological polar surface area (TPSA) is 81.9 Å². The number of ether oxygens (including phenoxy) is 1. The number of nitrogens with zero attached hydrogens (tertiary/aromatic N) is 2. The Balaban J connectivity index is 1.61. The monoisotopic (exact) mass is 477 g/mol. The summed E-state index contributed by atoms with van der Waals surface area (Å²) in [6.07, 6.45) is -0.717. The van der Waals surface area contributed by atoms with Crippen molar-refractivity contribution in [2.75, 3.05) is 5.32 Å². The normalized spacial score (nSPS) is 11.4. The van der Waals surface area contributed by atoms with E-state index in [2.05, 4.69) is 15.0 Å². The number of anilines is 1. The molecule has 7 nitrogen and oxygen atoms in total. The van der Waals surface area contributed by atoms with E-state index >= 15 is 0 Å². The number of pyridine rings is 1. The average molecular weight is 478 g/mol. The Morgan fingerprint density at radius 2 is 1.47 bits per heavy atom. The maximum atomic E-state index is 12.9. The van der Waals surface area contributed by atoms with E-state index in [-0.39, 0.29) is 0 Å². The second-order valence-corrected chi connectivity index (χ2v) is 8.01. The lowest BCUT2D eigenvalue weighted by Gasteiger charge is -2.15. The summed E-state index contributed by atoms with van der Waals surface area (Å²) >= 11 is 0.